The van der Waals surface area contributed by atoms with Gasteiger partial charge in [-0.15, -0.1) is 11.3 Å². The number of hydrogen-bond acceptors (Lipinski definition) is 5. The first kappa shape index (κ1) is 8.65. The zero-order valence-corrected chi connectivity index (χ0v) is 8.78. The lowest BCUT2D eigenvalue weighted by atomic mass is 10.4. The highest BCUT2D eigenvalue weighted by Crippen LogP contribution is 2.26. The predicted octanol–water partition coefficient (Wildman–Crippen LogP) is 2.70. The van der Waals surface area contributed by atoms with E-state index in [9.17, 15) is 0 Å². The van der Waals surface area contributed by atoms with Gasteiger partial charge in [-0.2, -0.15) is 0 Å². The zero-order chi connectivity index (χ0) is 9.10. The van der Waals surface area contributed by atoms with Crippen LogP contribution >= 0.6 is 22.9 Å². The van der Waals surface area contributed by atoms with Crippen LogP contribution in [0, 0.1) is 0 Å². The average Bonchev–Trinajstić information content (AvgIpc) is 2.70. The van der Waals surface area contributed by atoms with Crippen LogP contribution in [0.2, 0.25) is 0 Å². The monoisotopic (exact) mass is 211 g/mol. The van der Waals surface area contributed by atoms with E-state index in [-0.39, 0.29) is 0 Å². The summed E-state index contributed by atoms with van der Waals surface area (Å²) in [6, 6.07) is 1.98. The molecule has 13 heavy (non-hydrogen) atoms. The molecule has 2 aromatic rings. The highest BCUT2D eigenvalue weighted by atomic mass is 32.1. The summed E-state index contributed by atoms with van der Waals surface area (Å²) in [7, 11) is 0. The standard InChI is InChI=1S/C8H9N3S2/c1-2-9-8-11-6(5-12-8)7-3-4-10-13-7/h3-5H,2H2,1H3,(H,9,11). The Morgan fingerprint density at radius 3 is 3.15 bits per heavy atom. The summed E-state index contributed by atoms with van der Waals surface area (Å²) in [6.07, 6.45) is 1.80. The molecule has 0 aliphatic rings. The van der Waals surface area contributed by atoms with Crippen LogP contribution in [-0.4, -0.2) is 15.9 Å². The molecule has 0 atom stereocenters. The maximum Gasteiger partial charge on any atom is 0.183 e. The van der Waals surface area contributed by atoms with Gasteiger partial charge in [0.05, 0.1) is 10.6 Å². The van der Waals surface area contributed by atoms with E-state index < -0.39 is 0 Å². The number of nitrogens with one attached hydrogen (secondary N) is 1. The van der Waals surface area contributed by atoms with E-state index in [1.54, 1.807) is 17.5 Å². The maximum atomic E-state index is 4.42. The van der Waals surface area contributed by atoms with E-state index in [0.717, 1.165) is 22.2 Å². The van der Waals surface area contributed by atoms with Gasteiger partial charge in [-0.25, -0.2) is 9.36 Å². The van der Waals surface area contributed by atoms with Crippen LogP contribution < -0.4 is 5.32 Å². The Kier molecular flexibility index (Phi) is 2.56. The third-order valence-electron chi connectivity index (χ3n) is 1.52. The summed E-state index contributed by atoms with van der Waals surface area (Å²) in [4.78, 5) is 5.55. The first-order valence-corrected chi connectivity index (χ1v) is 5.66. The largest absolute Gasteiger partial charge is 0.362 e. The van der Waals surface area contributed by atoms with E-state index >= 15 is 0 Å². The van der Waals surface area contributed by atoms with Crippen LogP contribution in [0.1, 0.15) is 6.92 Å². The Hall–Kier alpha value is -0.940. The summed E-state index contributed by atoms with van der Waals surface area (Å²) >= 11 is 3.10. The molecular weight excluding hydrogens is 202 g/mol. The first-order valence-electron chi connectivity index (χ1n) is 4.00. The van der Waals surface area contributed by atoms with Gasteiger partial charge in [0.15, 0.2) is 5.13 Å². The van der Waals surface area contributed by atoms with Gasteiger partial charge in [-0.1, -0.05) is 0 Å². The topological polar surface area (TPSA) is 37.8 Å². The van der Waals surface area contributed by atoms with Crippen molar-refractivity contribution in [3.8, 4) is 10.6 Å². The molecule has 1 N–H and O–H groups in total. The lowest BCUT2D eigenvalue weighted by Crippen LogP contribution is -1.94. The molecule has 5 heteroatoms. The molecule has 0 aliphatic carbocycles. The Bertz CT molecular complexity index is 366. The highest BCUT2D eigenvalue weighted by molar-refractivity contribution is 7.14. The maximum absolute atomic E-state index is 4.42. The van der Waals surface area contributed by atoms with E-state index in [4.69, 9.17) is 0 Å². The second kappa shape index (κ2) is 3.85. The lowest BCUT2D eigenvalue weighted by molar-refractivity contribution is 1.19. The van der Waals surface area contributed by atoms with E-state index in [1.807, 2.05) is 11.4 Å². The number of anilines is 1. The van der Waals surface area contributed by atoms with Crippen LogP contribution in [0.4, 0.5) is 5.13 Å². The van der Waals surface area contributed by atoms with Gasteiger partial charge in [0, 0.05) is 18.1 Å². The van der Waals surface area contributed by atoms with Crippen LogP contribution in [0.3, 0.4) is 0 Å². The van der Waals surface area contributed by atoms with Crippen molar-refractivity contribution < 1.29 is 0 Å². The second-order valence-corrected chi connectivity index (χ2v) is 4.14. The van der Waals surface area contributed by atoms with Gasteiger partial charge < -0.3 is 5.32 Å². The van der Waals surface area contributed by atoms with E-state index in [0.29, 0.717) is 0 Å². The summed E-state index contributed by atoms with van der Waals surface area (Å²) < 4.78 is 4.04. The molecule has 2 rings (SSSR count). The van der Waals surface area contributed by atoms with Crippen LogP contribution in [0.5, 0.6) is 0 Å². The molecule has 0 spiro atoms. The van der Waals surface area contributed by atoms with Crippen LogP contribution in [0.25, 0.3) is 10.6 Å². The van der Waals surface area contributed by atoms with E-state index in [2.05, 4.69) is 21.6 Å². The molecule has 2 heterocycles. The number of nitrogens with zero attached hydrogens (tertiary/aromatic N) is 2. The molecule has 0 bridgehead atoms. The van der Waals surface area contributed by atoms with Crippen molar-refractivity contribution in [2.45, 2.75) is 6.92 Å². The average molecular weight is 211 g/mol. The Morgan fingerprint density at radius 1 is 1.54 bits per heavy atom. The van der Waals surface area contributed by atoms with Crippen molar-refractivity contribution in [1.29, 1.82) is 0 Å². The number of aromatic nitrogens is 2. The Morgan fingerprint density at radius 2 is 2.46 bits per heavy atom. The van der Waals surface area contributed by atoms with Crippen molar-refractivity contribution in [3.05, 3.63) is 17.6 Å². The molecule has 0 saturated carbocycles. The minimum atomic E-state index is 0.912. The summed E-state index contributed by atoms with van der Waals surface area (Å²) in [5.41, 5.74) is 1.02. The Labute approximate surface area is 84.6 Å². The third-order valence-corrected chi connectivity index (χ3v) is 3.09. The SMILES string of the molecule is CCNc1nc(-c2ccns2)cs1. The van der Waals surface area contributed by atoms with Crippen molar-refractivity contribution in [2.24, 2.45) is 0 Å². The second-order valence-electron chi connectivity index (χ2n) is 2.44. The van der Waals surface area contributed by atoms with Gasteiger partial charge in [-0.3, -0.25) is 0 Å². The summed E-state index contributed by atoms with van der Waals surface area (Å²) in [5.74, 6) is 0. The van der Waals surface area contributed by atoms with Crippen molar-refractivity contribution in [3.63, 3.8) is 0 Å². The highest BCUT2D eigenvalue weighted by Gasteiger charge is 2.04. The van der Waals surface area contributed by atoms with E-state index in [1.165, 1.54) is 11.5 Å². The quantitative estimate of drug-likeness (QED) is 0.848. The minimum Gasteiger partial charge on any atom is -0.362 e. The fourth-order valence-electron chi connectivity index (χ4n) is 0.967. The molecule has 3 nitrogen and oxygen atoms in total. The van der Waals surface area contributed by atoms with Crippen LogP contribution in [-0.2, 0) is 0 Å². The van der Waals surface area contributed by atoms with Crippen molar-refractivity contribution in [1.82, 2.24) is 9.36 Å². The number of thiazole rings is 1. The smallest absolute Gasteiger partial charge is 0.183 e. The van der Waals surface area contributed by atoms with Gasteiger partial charge >= 0.3 is 0 Å². The predicted molar refractivity (Wildman–Crippen MR) is 57.4 cm³/mol. The molecule has 0 aliphatic heterocycles. The number of hydrogen-bond donors (Lipinski definition) is 1. The molecule has 2 aromatic heterocycles. The van der Waals surface area contributed by atoms with Gasteiger partial charge in [0.25, 0.3) is 0 Å². The molecule has 0 saturated heterocycles. The molecular formula is C8H9N3S2. The van der Waals surface area contributed by atoms with Gasteiger partial charge in [0.1, 0.15) is 0 Å². The summed E-state index contributed by atoms with van der Waals surface area (Å²) in [6.45, 7) is 2.98. The molecule has 0 unspecified atom stereocenters. The van der Waals surface area contributed by atoms with Gasteiger partial charge in [0.2, 0.25) is 0 Å². The lowest BCUT2D eigenvalue weighted by Gasteiger charge is -1.93. The third kappa shape index (κ3) is 1.87. The molecule has 0 amide bonds. The normalized spacial score (nSPS) is 10.2. The zero-order valence-electron chi connectivity index (χ0n) is 7.15. The molecule has 0 radical (unpaired) electrons. The summed E-state index contributed by atoms with van der Waals surface area (Å²) in [5, 5.41) is 6.21. The van der Waals surface area contributed by atoms with Crippen molar-refractivity contribution >= 4 is 28.0 Å². The Balaban J connectivity index is 2.23. The first-order chi connectivity index (χ1) is 6.40. The molecule has 0 aromatic carbocycles. The number of rotatable bonds is 3. The fraction of sp³-hybridized carbons (Fsp3) is 0.250. The fourth-order valence-corrected chi connectivity index (χ4v) is 2.38. The van der Waals surface area contributed by atoms with Crippen molar-refractivity contribution in [2.75, 3.05) is 11.9 Å². The molecule has 0 fully saturated rings. The van der Waals surface area contributed by atoms with Crippen LogP contribution in [0.15, 0.2) is 17.6 Å². The molecule has 68 valence electrons. The minimum absolute atomic E-state index is 0.912. The van der Waals surface area contributed by atoms with Gasteiger partial charge in [-0.05, 0) is 24.5 Å².